The maximum absolute atomic E-state index is 8.57. The van der Waals surface area contributed by atoms with Crippen LogP contribution in [0.1, 0.15) is 17.9 Å². The molecule has 0 radical (unpaired) electrons. The van der Waals surface area contributed by atoms with Crippen LogP contribution in [0.15, 0.2) is 16.5 Å². The van der Waals surface area contributed by atoms with Crippen LogP contribution in [0.2, 0.25) is 0 Å². The molecule has 0 aromatic carbocycles. The van der Waals surface area contributed by atoms with Crippen molar-refractivity contribution in [3.8, 4) is 6.07 Å². The maximum Gasteiger partial charge on any atom is 0.203 e. The number of nitrogens with zero attached hydrogens (tertiary/aromatic N) is 1. The summed E-state index contributed by atoms with van der Waals surface area (Å²) in [5, 5.41) is 11.8. The molecule has 0 aliphatic rings. The molecular weight excluding hydrogens is 220 g/mol. The highest BCUT2D eigenvalue weighted by molar-refractivity contribution is 5.18. The molecular formula is C12H18N2O3. The van der Waals surface area contributed by atoms with Gasteiger partial charge in [-0.25, -0.2) is 0 Å². The van der Waals surface area contributed by atoms with Gasteiger partial charge in [0.15, 0.2) is 0 Å². The van der Waals surface area contributed by atoms with Crippen LogP contribution in [0.25, 0.3) is 0 Å². The van der Waals surface area contributed by atoms with Crippen molar-refractivity contribution < 1.29 is 13.9 Å². The van der Waals surface area contributed by atoms with E-state index in [0.717, 1.165) is 25.3 Å². The lowest BCUT2D eigenvalue weighted by Crippen LogP contribution is -2.16. The first-order valence-corrected chi connectivity index (χ1v) is 5.63. The van der Waals surface area contributed by atoms with Crippen molar-refractivity contribution in [2.45, 2.75) is 13.0 Å². The Hall–Kier alpha value is -1.35. The zero-order chi connectivity index (χ0) is 12.3. The van der Waals surface area contributed by atoms with E-state index in [2.05, 4.69) is 5.32 Å². The molecule has 1 N–H and O–H groups in total. The summed E-state index contributed by atoms with van der Waals surface area (Å²) in [6.07, 6.45) is 0.940. The molecule has 0 saturated carbocycles. The SMILES string of the molecule is COCCOCCCNCc1ccc(C#N)o1. The van der Waals surface area contributed by atoms with Gasteiger partial charge in [-0.3, -0.25) is 0 Å². The van der Waals surface area contributed by atoms with E-state index in [1.165, 1.54) is 0 Å². The molecule has 5 heteroatoms. The van der Waals surface area contributed by atoms with Crippen molar-refractivity contribution in [3.05, 3.63) is 23.7 Å². The molecule has 1 aromatic rings. The van der Waals surface area contributed by atoms with Gasteiger partial charge in [-0.1, -0.05) is 0 Å². The van der Waals surface area contributed by atoms with Gasteiger partial charge in [0.05, 0.1) is 19.8 Å². The number of hydrogen-bond donors (Lipinski definition) is 1. The Kier molecular flexibility index (Phi) is 7.07. The Morgan fingerprint density at radius 1 is 1.35 bits per heavy atom. The van der Waals surface area contributed by atoms with Crippen LogP contribution in [-0.2, 0) is 16.0 Å². The Labute approximate surface area is 101 Å². The molecule has 0 atom stereocenters. The van der Waals surface area contributed by atoms with E-state index in [-0.39, 0.29) is 0 Å². The van der Waals surface area contributed by atoms with E-state index < -0.39 is 0 Å². The minimum absolute atomic E-state index is 0.352. The predicted molar refractivity (Wildman–Crippen MR) is 62.4 cm³/mol. The average molecular weight is 238 g/mol. The minimum atomic E-state index is 0.352. The number of hydrogen-bond acceptors (Lipinski definition) is 5. The van der Waals surface area contributed by atoms with E-state index in [4.69, 9.17) is 19.2 Å². The molecule has 0 saturated heterocycles. The fraction of sp³-hybridized carbons (Fsp3) is 0.583. The quantitative estimate of drug-likeness (QED) is 0.657. The summed E-state index contributed by atoms with van der Waals surface area (Å²) in [6, 6.07) is 5.43. The average Bonchev–Trinajstić information content (AvgIpc) is 2.80. The summed E-state index contributed by atoms with van der Waals surface area (Å²) in [7, 11) is 1.66. The van der Waals surface area contributed by atoms with Gasteiger partial charge in [-0.15, -0.1) is 0 Å². The normalized spacial score (nSPS) is 10.4. The molecule has 0 aliphatic heterocycles. The summed E-state index contributed by atoms with van der Waals surface area (Å²) >= 11 is 0. The first-order valence-electron chi connectivity index (χ1n) is 5.63. The van der Waals surface area contributed by atoms with E-state index in [0.29, 0.717) is 25.5 Å². The highest BCUT2D eigenvalue weighted by atomic mass is 16.5. The third-order valence-corrected chi connectivity index (χ3v) is 2.15. The molecule has 0 amide bonds. The molecule has 1 aromatic heterocycles. The maximum atomic E-state index is 8.57. The largest absolute Gasteiger partial charge is 0.449 e. The first-order chi connectivity index (χ1) is 8.36. The first kappa shape index (κ1) is 13.7. The lowest BCUT2D eigenvalue weighted by atomic mass is 10.4. The molecule has 94 valence electrons. The molecule has 0 bridgehead atoms. The zero-order valence-corrected chi connectivity index (χ0v) is 10.1. The second-order valence-corrected chi connectivity index (χ2v) is 3.51. The van der Waals surface area contributed by atoms with Gasteiger partial charge >= 0.3 is 0 Å². The van der Waals surface area contributed by atoms with Crippen molar-refractivity contribution in [1.82, 2.24) is 5.32 Å². The lowest BCUT2D eigenvalue weighted by molar-refractivity contribution is 0.0694. The van der Waals surface area contributed by atoms with Crippen molar-refractivity contribution in [2.24, 2.45) is 0 Å². The Balaban J connectivity index is 1.95. The standard InChI is InChI=1S/C12H18N2O3/c1-15-7-8-16-6-2-5-14-10-12-4-3-11(9-13)17-12/h3-4,14H,2,5-8,10H2,1H3. The van der Waals surface area contributed by atoms with Crippen molar-refractivity contribution >= 4 is 0 Å². The minimum Gasteiger partial charge on any atom is -0.449 e. The molecule has 0 unspecified atom stereocenters. The lowest BCUT2D eigenvalue weighted by Gasteiger charge is -2.04. The fourth-order valence-electron chi connectivity index (χ4n) is 1.29. The van der Waals surface area contributed by atoms with Gasteiger partial charge in [0.2, 0.25) is 5.76 Å². The number of furan rings is 1. The van der Waals surface area contributed by atoms with Crippen molar-refractivity contribution in [1.29, 1.82) is 5.26 Å². The molecule has 0 fully saturated rings. The summed E-state index contributed by atoms with van der Waals surface area (Å²) in [6.45, 7) is 3.49. The van der Waals surface area contributed by atoms with Crippen LogP contribution >= 0.6 is 0 Å². The third kappa shape index (κ3) is 6.07. The number of ether oxygens (including phenoxy) is 2. The highest BCUT2D eigenvalue weighted by Gasteiger charge is 1.99. The van der Waals surface area contributed by atoms with Crippen LogP contribution in [0.3, 0.4) is 0 Å². The van der Waals surface area contributed by atoms with Crippen molar-refractivity contribution in [3.63, 3.8) is 0 Å². The Morgan fingerprint density at radius 2 is 2.24 bits per heavy atom. The van der Waals surface area contributed by atoms with Crippen LogP contribution in [0.4, 0.5) is 0 Å². The van der Waals surface area contributed by atoms with Gasteiger partial charge in [0, 0.05) is 13.7 Å². The highest BCUT2D eigenvalue weighted by Crippen LogP contribution is 2.05. The number of nitriles is 1. The molecule has 0 spiro atoms. The van der Waals surface area contributed by atoms with E-state index >= 15 is 0 Å². The predicted octanol–water partition coefficient (Wildman–Crippen LogP) is 1.29. The third-order valence-electron chi connectivity index (χ3n) is 2.15. The van der Waals surface area contributed by atoms with Crippen LogP contribution in [0, 0.1) is 11.3 Å². The Bertz CT molecular complexity index is 344. The summed E-state index contributed by atoms with van der Waals surface area (Å²) in [5.41, 5.74) is 0. The second-order valence-electron chi connectivity index (χ2n) is 3.51. The number of methoxy groups -OCH3 is 1. The second kappa shape index (κ2) is 8.76. The van der Waals surface area contributed by atoms with Crippen LogP contribution in [0.5, 0.6) is 0 Å². The van der Waals surface area contributed by atoms with Gasteiger partial charge < -0.3 is 19.2 Å². The van der Waals surface area contributed by atoms with Gasteiger partial charge in [0.1, 0.15) is 11.8 Å². The molecule has 5 nitrogen and oxygen atoms in total. The summed E-state index contributed by atoms with van der Waals surface area (Å²) < 4.78 is 15.4. The van der Waals surface area contributed by atoms with Crippen LogP contribution in [-0.4, -0.2) is 33.5 Å². The van der Waals surface area contributed by atoms with Gasteiger partial charge in [0.25, 0.3) is 0 Å². The van der Waals surface area contributed by atoms with Gasteiger partial charge in [-0.05, 0) is 25.1 Å². The zero-order valence-electron chi connectivity index (χ0n) is 10.1. The molecule has 1 rings (SSSR count). The molecule has 0 aliphatic carbocycles. The van der Waals surface area contributed by atoms with Gasteiger partial charge in [-0.2, -0.15) is 5.26 Å². The number of rotatable bonds is 9. The van der Waals surface area contributed by atoms with E-state index in [9.17, 15) is 0 Å². The summed E-state index contributed by atoms with van der Waals surface area (Å²) in [4.78, 5) is 0. The molecule has 17 heavy (non-hydrogen) atoms. The smallest absolute Gasteiger partial charge is 0.203 e. The fourth-order valence-corrected chi connectivity index (χ4v) is 1.29. The monoisotopic (exact) mass is 238 g/mol. The Morgan fingerprint density at radius 3 is 2.94 bits per heavy atom. The number of nitrogens with one attached hydrogen (secondary N) is 1. The van der Waals surface area contributed by atoms with E-state index in [1.807, 2.05) is 6.07 Å². The van der Waals surface area contributed by atoms with Crippen molar-refractivity contribution in [2.75, 3.05) is 33.5 Å². The topological polar surface area (TPSA) is 67.4 Å². The molecule has 1 heterocycles. The van der Waals surface area contributed by atoms with E-state index in [1.54, 1.807) is 19.2 Å². The summed E-state index contributed by atoms with van der Waals surface area (Å²) in [5.74, 6) is 1.13. The van der Waals surface area contributed by atoms with Crippen LogP contribution < -0.4 is 5.32 Å².